The number of hydrogen-bond donors (Lipinski definition) is 3. The van der Waals surface area contributed by atoms with Gasteiger partial charge in [0.25, 0.3) is 5.91 Å². The van der Waals surface area contributed by atoms with E-state index in [4.69, 9.17) is 5.73 Å². The summed E-state index contributed by atoms with van der Waals surface area (Å²) in [5.41, 5.74) is 11.4. The van der Waals surface area contributed by atoms with E-state index in [0.29, 0.717) is 17.8 Å². The average Bonchev–Trinajstić information content (AvgIpc) is 2.94. The smallest absolute Gasteiger partial charge is 0.379 e. The van der Waals surface area contributed by atoms with Crippen LogP contribution in [0, 0.1) is 6.92 Å². The van der Waals surface area contributed by atoms with Gasteiger partial charge < -0.3 is 21.3 Å². The molecule has 1 unspecified atom stereocenters. The third kappa shape index (κ3) is 13.0. The number of halogens is 4. The molecule has 2 aliphatic rings. The maximum Gasteiger partial charge on any atom is 0.379 e. The van der Waals surface area contributed by atoms with Crippen LogP contribution >= 0.6 is 0 Å². The van der Waals surface area contributed by atoms with Gasteiger partial charge in [-0.15, -0.1) is 13.2 Å². The number of likely N-dealkylation sites (N-methyl/N-ethyl adjacent to an activating group) is 1. The lowest BCUT2D eigenvalue weighted by Crippen LogP contribution is -2.48. The highest BCUT2D eigenvalue weighted by Crippen LogP contribution is 2.34. The number of amides is 1. The molecule has 0 saturated carbocycles. The van der Waals surface area contributed by atoms with E-state index >= 15 is 0 Å². The first kappa shape index (κ1) is 38.7. The molecule has 1 atom stereocenters. The fourth-order valence-electron chi connectivity index (χ4n) is 4.04. The highest BCUT2D eigenvalue weighted by Gasteiger charge is 2.33. The van der Waals surface area contributed by atoms with Crippen molar-refractivity contribution in [2.75, 3.05) is 12.4 Å². The van der Waals surface area contributed by atoms with Gasteiger partial charge >= 0.3 is 6.68 Å². The van der Waals surface area contributed by atoms with Gasteiger partial charge in [-0.1, -0.05) is 46.4 Å². The number of rotatable bonds is 6. The van der Waals surface area contributed by atoms with Crippen LogP contribution in [0.3, 0.4) is 0 Å². The number of allylic oxidation sites excluding steroid dienone is 4. The highest BCUT2D eigenvalue weighted by molar-refractivity contribution is 6.02. The highest BCUT2D eigenvalue weighted by atomic mass is 19.4. The van der Waals surface area contributed by atoms with Crippen molar-refractivity contribution in [3.8, 4) is 0 Å². The Kier molecular flexibility index (Phi) is 20.6. The van der Waals surface area contributed by atoms with E-state index in [2.05, 4.69) is 42.5 Å². The molecule has 0 saturated heterocycles. The summed E-state index contributed by atoms with van der Waals surface area (Å²) in [4.78, 5) is 14.9. The normalized spacial score (nSPS) is 16.1. The standard InChI is InChI=1S/C24H31FN4O.2C2H6.C2H4.CHF3/c1-15(2)20(10-11-21(25)26)27-14-18-12-16(3)13-19-22(18)28-23(29(4)24(19)30)17-8-6-5-7-9-17;3*1-2;2-1(3)4/h8,10-13,23,27-28H,1,5-7,9,14,26H2,2-4H3;2*1-2H3;1-2H2;1H/b20-10+,21-11-;;;;. The monoisotopic (exact) mass is 568 g/mol. The number of fused-ring (bicyclic) bond motifs is 1. The largest absolute Gasteiger partial charge is 0.381 e. The van der Waals surface area contributed by atoms with Crippen LogP contribution in [-0.2, 0) is 6.54 Å². The average molecular weight is 569 g/mol. The molecule has 1 aromatic carbocycles. The Morgan fingerprint density at radius 3 is 2.23 bits per heavy atom. The van der Waals surface area contributed by atoms with Crippen molar-refractivity contribution in [3.63, 3.8) is 0 Å². The quantitative estimate of drug-likeness (QED) is 0.139. The Morgan fingerprint density at radius 2 is 1.75 bits per heavy atom. The number of carbonyl (C=O) groups excluding carboxylic acids is 1. The summed E-state index contributed by atoms with van der Waals surface area (Å²) in [6, 6.07) is 4.00. The Labute approximate surface area is 238 Å². The van der Waals surface area contributed by atoms with E-state index in [1.54, 1.807) is 11.0 Å². The fourth-order valence-corrected chi connectivity index (χ4v) is 4.04. The lowest BCUT2D eigenvalue weighted by atomic mass is 9.93. The van der Waals surface area contributed by atoms with Gasteiger partial charge in [0.1, 0.15) is 6.17 Å². The molecule has 1 aliphatic carbocycles. The Morgan fingerprint density at radius 1 is 1.18 bits per heavy atom. The zero-order valence-electron chi connectivity index (χ0n) is 25.1. The summed E-state index contributed by atoms with van der Waals surface area (Å²) >= 11 is 0. The number of aryl methyl sites for hydroxylation is 1. The second-order valence-corrected chi connectivity index (χ2v) is 8.35. The molecule has 40 heavy (non-hydrogen) atoms. The van der Waals surface area contributed by atoms with Crippen molar-refractivity contribution < 1.29 is 22.4 Å². The van der Waals surface area contributed by atoms with Crippen molar-refractivity contribution in [2.45, 2.75) is 86.6 Å². The first-order valence-electron chi connectivity index (χ1n) is 13.5. The van der Waals surface area contributed by atoms with Crippen LogP contribution in [0.4, 0.5) is 23.2 Å². The number of carbonyl (C=O) groups is 1. The van der Waals surface area contributed by atoms with Gasteiger partial charge in [-0.25, -0.2) is 0 Å². The van der Waals surface area contributed by atoms with Crippen molar-refractivity contribution in [2.24, 2.45) is 5.73 Å². The van der Waals surface area contributed by atoms with Crippen molar-refractivity contribution in [3.05, 3.63) is 89.6 Å². The molecular weight excluding hydrogens is 520 g/mol. The molecule has 0 bridgehead atoms. The van der Waals surface area contributed by atoms with Crippen LogP contribution in [0.1, 0.15) is 81.8 Å². The number of anilines is 1. The predicted octanol–water partition coefficient (Wildman–Crippen LogP) is 8.67. The van der Waals surface area contributed by atoms with Gasteiger partial charge in [0, 0.05) is 19.3 Å². The molecule has 5 nitrogen and oxygen atoms in total. The molecule has 3 rings (SSSR count). The minimum atomic E-state index is -3.67. The second kappa shape index (κ2) is 21.3. The van der Waals surface area contributed by atoms with Gasteiger partial charge in [0.2, 0.25) is 0 Å². The minimum Gasteiger partial charge on any atom is -0.381 e. The molecule has 1 heterocycles. The molecule has 9 heteroatoms. The molecule has 1 amide bonds. The molecule has 226 valence electrons. The number of hydrogen-bond acceptors (Lipinski definition) is 4. The fraction of sp³-hybridized carbons (Fsp3) is 0.452. The van der Waals surface area contributed by atoms with Gasteiger partial charge in [-0.3, -0.25) is 4.79 Å². The van der Waals surface area contributed by atoms with Gasteiger partial charge in [-0.05, 0) is 80.0 Å². The van der Waals surface area contributed by atoms with E-state index in [1.165, 1.54) is 18.1 Å². The number of nitrogens with one attached hydrogen (secondary N) is 2. The molecule has 1 aliphatic heterocycles. The van der Waals surface area contributed by atoms with E-state index in [1.807, 2.05) is 54.7 Å². The summed E-state index contributed by atoms with van der Waals surface area (Å²) in [6.45, 7) is 18.6. The van der Waals surface area contributed by atoms with Gasteiger partial charge in [-0.2, -0.15) is 17.6 Å². The van der Waals surface area contributed by atoms with Crippen LogP contribution in [0.25, 0.3) is 0 Å². The molecule has 0 aromatic heterocycles. The van der Waals surface area contributed by atoms with Crippen molar-refractivity contribution in [1.82, 2.24) is 10.2 Å². The Hall–Kier alpha value is -3.49. The zero-order valence-corrected chi connectivity index (χ0v) is 25.1. The molecule has 1 aromatic rings. The number of benzene rings is 1. The second-order valence-electron chi connectivity index (χ2n) is 8.35. The lowest BCUT2D eigenvalue weighted by Gasteiger charge is -2.39. The lowest BCUT2D eigenvalue weighted by molar-refractivity contribution is 0.00818. The SMILES string of the molecule is C=C.C=C(C)/C(=C\C=C(/N)F)NCc1cc(C)cc2c1NC(C1=CCCCC1)N(C)C2=O.CC.CC.FC(F)F. The first-order valence-corrected chi connectivity index (χ1v) is 13.5. The van der Waals surface area contributed by atoms with Crippen LogP contribution in [-0.4, -0.2) is 30.7 Å². The summed E-state index contributed by atoms with van der Waals surface area (Å²) in [5, 5.41) is 6.91. The van der Waals surface area contributed by atoms with E-state index in [9.17, 15) is 22.4 Å². The van der Waals surface area contributed by atoms with Crippen LogP contribution in [0.5, 0.6) is 0 Å². The summed E-state index contributed by atoms with van der Waals surface area (Å²) in [6.07, 6.45) is 9.32. The van der Waals surface area contributed by atoms with Crippen LogP contribution in [0.15, 0.2) is 72.9 Å². The van der Waals surface area contributed by atoms with E-state index in [-0.39, 0.29) is 12.1 Å². The third-order valence-electron chi connectivity index (χ3n) is 5.60. The predicted molar refractivity (Wildman–Crippen MR) is 161 cm³/mol. The molecule has 0 radical (unpaired) electrons. The van der Waals surface area contributed by atoms with Gasteiger partial charge in [0.05, 0.1) is 11.3 Å². The summed E-state index contributed by atoms with van der Waals surface area (Å²) in [7, 11) is 1.86. The summed E-state index contributed by atoms with van der Waals surface area (Å²) in [5.74, 6) is -0.739. The number of alkyl halides is 3. The van der Waals surface area contributed by atoms with Crippen molar-refractivity contribution >= 4 is 11.6 Å². The van der Waals surface area contributed by atoms with Gasteiger partial charge in [0.15, 0.2) is 5.95 Å². The Balaban J connectivity index is 0. The summed E-state index contributed by atoms with van der Waals surface area (Å²) < 4.78 is 41.9. The topological polar surface area (TPSA) is 70.4 Å². The van der Waals surface area contributed by atoms with Crippen molar-refractivity contribution in [1.29, 1.82) is 0 Å². The van der Waals surface area contributed by atoms with E-state index in [0.717, 1.165) is 41.6 Å². The minimum absolute atomic E-state index is 0.0222. The molecular formula is C31H48F4N4O. The molecule has 0 spiro atoms. The first-order chi connectivity index (χ1) is 19.0. The van der Waals surface area contributed by atoms with Crippen LogP contribution in [0.2, 0.25) is 0 Å². The van der Waals surface area contributed by atoms with Crippen LogP contribution < -0.4 is 16.4 Å². The number of nitrogens with zero attached hydrogens (tertiary/aromatic N) is 1. The molecule has 0 fully saturated rings. The zero-order chi connectivity index (χ0) is 31.4. The Bertz CT molecular complexity index is 1010. The third-order valence-corrected chi connectivity index (χ3v) is 5.60. The maximum absolute atomic E-state index is 13.1. The maximum atomic E-state index is 13.1. The number of nitrogens with two attached hydrogens (primary N) is 1. The van der Waals surface area contributed by atoms with E-state index < -0.39 is 12.6 Å². The molecule has 4 N–H and O–H groups in total.